The smallest absolute Gasteiger partial charge is 0.416 e. The van der Waals surface area contributed by atoms with Crippen LogP contribution in [0.3, 0.4) is 0 Å². The molecule has 236 valence electrons. The van der Waals surface area contributed by atoms with Gasteiger partial charge in [-0.3, -0.25) is 4.90 Å². The van der Waals surface area contributed by atoms with Crippen LogP contribution in [0.2, 0.25) is 0 Å². The van der Waals surface area contributed by atoms with Gasteiger partial charge in [-0.15, -0.1) is 0 Å². The van der Waals surface area contributed by atoms with Crippen LogP contribution in [0.4, 0.5) is 42.6 Å². The van der Waals surface area contributed by atoms with Crippen LogP contribution in [0.5, 0.6) is 0 Å². The molecule has 3 fully saturated rings. The van der Waals surface area contributed by atoms with Crippen LogP contribution in [0.15, 0.2) is 30.5 Å². The van der Waals surface area contributed by atoms with Gasteiger partial charge in [-0.25, -0.2) is 9.78 Å². The van der Waals surface area contributed by atoms with Gasteiger partial charge < -0.3 is 24.6 Å². The number of pyridine rings is 1. The number of benzene rings is 1. The van der Waals surface area contributed by atoms with E-state index in [4.69, 9.17) is 14.5 Å². The third-order valence-corrected chi connectivity index (χ3v) is 8.33. The minimum absolute atomic E-state index is 0.0174. The third kappa shape index (κ3) is 6.79. The summed E-state index contributed by atoms with van der Waals surface area (Å²) in [4.78, 5) is 23.7. The van der Waals surface area contributed by atoms with E-state index >= 15 is 0 Å². The highest BCUT2D eigenvalue weighted by atomic mass is 19.4. The van der Waals surface area contributed by atoms with Crippen molar-refractivity contribution in [3.63, 3.8) is 0 Å². The molecule has 3 saturated heterocycles. The number of ether oxygens (including phenoxy) is 2. The van der Waals surface area contributed by atoms with Gasteiger partial charge in [-0.05, 0) is 56.5 Å². The zero-order valence-electron chi connectivity index (χ0n) is 24.0. The molecule has 0 spiro atoms. The Balaban J connectivity index is 1.48. The van der Waals surface area contributed by atoms with E-state index in [0.29, 0.717) is 43.3 Å². The van der Waals surface area contributed by atoms with E-state index < -0.39 is 41.7 Å². The summed E-state index contributed by atoms with van der Waals surface area (Å²) in [6.45, 7) is 8.59. The molecule has 2 atom stereocenters. The first-order valence-electron chi connectivity index (χ1n) is 14.4. The van der Waals surface area contributed by atoms with Crippen molar-refractivity contribution in [1.29, 1.82) is 0 Å². The maximum Gasteiger partial charge on any atom is 0.416 e. The van der Waals surface area contributed by atoms with E-state index in [2.05, 4.69) is 15.1 Å². The van der Waals surface area contributed by atoms with Gasteiger partial charge in [0.15, 0.2) is 0 Å². The molecule has 14 heteroatoms. The summed E-state index contributed by atoms with van der Waals surface area (Å²) in [6, 6.07) is 2.58. The molecular weight excluding hydrogens is 580 g/mol. The number of cyclic esters (lactones) is 1. The molecule has 2 aromatic rings. The number of anilines is 2. The van der Waals surface area contributed by atoms with Gasteiger partial charge in [0.1, 0.15) is 11.9 Å². The number of nitrogens with zero attached hydrogens (tertiary/aromatic N) is 4. The Morgan fingerprint density at radius 1 is 1.00 bits per heavy atom. The fourth-order valence-electron chi connectivity index (χ4n) is 6.03. The number of nitrogens with one attached hydrogen (secondary N) is 1. The van der Waals surface area contributed by atoms with Crippen molar-refractivity contribution in [2.24, 2.45) is 0 Å². The molecular formula is C29H35F6N5O3. The second-order valence-electron chi connectivity index (χ2n) is 11.1. The molecule has 4 heterocycles. The van der Waals surface area contributed by atoms with Crippen LogP contribution in [-0.2, 0) is 28.4 Å². The van der Waals surface area contributed by atoms with Gasteiger partial charge in [-0.2, -0.15) is 26.3 Å². The maximum absolute atomic E-state index is 13.5. The standard InChI is InChI=1S/C29H35F6N5O3/c1-3-39(23-4-10-42-11-5-23)26-20(14-24(16-37-26)38-8-6-36-7-9-38)17-40-18(2)25(43-27(40)41)19-12-21(28(30,31)32)15-22(13-19)29(33,34)35/h12-16,18,23,25,36H,3-11,17H2,1-2H3. The van der Waals surface area contributed by atoms with Crippen molar-refractivity contribution in [3.05, 3.63) is 52.7 Å². The Hall–Kier alpha value is -3.26. The molecule has 0 radical (unpaired) electrons. The molecule has 3 aliphatic rings. The largest absolute Gasteiger partial charge is 0.439 e. The van der Waals surface area contributed by atoms with E-state index in [-0.39, 0.29) is 24.2 Å². The number of amides is 1. The number of hydrogen-bond acceptors (Lipinski definition) is 7. The minimum Gasteiger partial charge on any atom is -0.439 e. The van der Waals surface area contributed by atoms with E-state index in [0.717, 1.165) is 44.7 Å². The Kier molecular flexibility index (Phi) is 8.98. The first kappa shape index (κ1) is 31.2. The fraction of sp³-hybridized carbons (Fsp3) is 0.586. The lowest BCUT2D eigenvalue weighted by molar-refractivity contribution is -0.143. The molecule has 2 unspecified atom stereocenters. The lowest BCUT2D eigenvalue weighted by Gasteiger charge is -2.37. The van der Waals surface area contributed by atoms with E-state index in [1.807, 2.05) is 19.2 Å². The zero-order valence-corrected chi connectivity index (χ0v) is 24.0. The van der Waals surface area contributed by atoms with E-state index in [9.17, 15) is 31.1 Å². The Labute approximate surface area is 245 Å². The van der Waals surface area contributed by atoms with Gasteiger partial charge in [0.25, 0.3) is 0 Å². The SMILES string of the molecule is CCN(c1ncc(N2CCNCC2)cc1CN1C(=O)OC(c2cc(C(F)(F)F)cc(C(F)(F)F)c2)C1C)C1CCOCC1. The number of carbonyl (C=O) groups is 1. The van der Waals surface area contributed by atoms with Crippen molar-refractivity contribution in [1.82, 2.24) is 15.2 Å². The summed E-state index contributed by atoms with van der Waals surface area (Å²) >= 11 is 0. The molecule has 1 amide bonds. The number of halogens is 6. The number of aromatic nitrogens is 1. The fourth-order valence-corrected chi connectivity index (χ4v) is 6.03. The Morgan fingerprint density at radius 2 is 1.63 bits per heavy atom. The summed E-state index contributed by atoms with van der Waals surface area (Å²) in [6.07, 6.45) is -8.77. The van der Waals surface area contributed by atoms with Crippen molar-refractivity contribution in [2.45, 2.75) is 63.8 Å². The summed E-state index contributed by atoms with van der Waals surface area (Å²) < 4.78 is 92.3. The van der Waals surface area contributed by atoms with E-state index in [1.54, 1.807) is 6.92 Å². The van der Waals surface area contributed by atoms with E-state index in [1.165, 1.54) is 4.90 Å². The second kappa shape index (κ2) is 12.4. The Morgan fingerprint density at radius 3 is 2.21 bits per heavy atom. The van der Waals surface area contributed by atoms with Gasteiger partial charge in [0, 0.05) is 57.5 Å². The molecule has 8 nitrogen and oxygen atoms in total. The summed E-state index contributed by atoms with van der Waals surface area (Å²) in [5.74, 6) is 0.676. The first-order valence-corrected chi connectivity index (χ1v) is 14.4. The highest BCUT2D eigenvalue weighted by Crippen LogP contribution is 2.41. The van der Waals surface area contributed by atoms with Crippen molar-refractivity contribution < 1.29 is 40.6 Å². The molecule has 1 N–H and O–H groups in total. The number of rotatable bonds is 7. The van der Waals surface area contributed by atoms with Gasteiger partial charge in [-0.1, -0.05) is 0 Å². The first-order chi connectivity index (χ1) is 20.4. The number of alkyl halides is 6. The zero-order chi connectivity index (χ0) is 30.9. The Bertz CT molecular complexity index is 1260. The average Bonchev–Trinajstić information content (AvgIpc) is 3.26. The summed E-state index contributed by atoms with van der Waals surface area (Å²) in [7, 11) is 0. The van der Waals surface area contributed by atoms with Gasteiger partial charge >= 0.3 is 18.4 Å². The molecule has 0 bridgehead atoms. The monoisotopic (exact) mass is 615 g/mol. The second-order valence-corrected chi connectivity index (χ2v) is 11.1. The van der Waals surface area contributed by atoms with Crippen LogP contribution in [-0.4, -0.2) is 74.0 Å². The highest BCUT2D eigenvalue weighted by molar-refractivity contribution is 5.72. The lowest BCUT2D eigenvalue weighted by atomic mass is 9.97. The molecule has 1 aromatic carbocycles. The lowest BCUT2D eigenvalue weighted by Crippen LogP contribution is -2.44. The summed E-state index contributed by atoms with van der Waals surface area (Å²) in [5.41, 5.74) is -1.69. The van der Waals surface area contributed by atoms with Crippen LogP contribution < -0.4 is 15.1 Å². The van der Waals surface area contributed by atoms with Crippen LogP contribution in [0.1, 0.15) is 55.0 Å². The molecule has 0 saturated carbocycles. The third-order valence-electron chi connectivity index (χ3n) is 8.33. The summed E-state index contributed by atoms with van der Waals surface area (Å²) in [5, 5.41) is 3.31. The van der Waals surface area contributed by atoms with Crippen LogP contribution in [0.25, 0.3) is 0 Å². The predicted octanol–water partition coefficient (Wildman–Crippen LogP) is 5.62. The topological polar surface area (TPSA) is 70.2 Å². The highest BCUT2D eigenvalue weighted by Gasteiger charge is 2.43. The average molecular weight is 616 g/mol. The maximum atomic E-state index is 13.5. The number of hydrogen-bond donors (Lipinski definition) is 1. The van der Waals surface area contributed by atoms with Crippen LogP contribution >= 0.6 is 0 Å². The van der Waals surface area contributed by atoms with Crippen molar-refractivity contribution >= 4 is 17.6 Å². The van der Waals surface area contributed by atoms with Crippen molar-refractivity contribution in [3.8, 4) is 0 Å². The van der Waals surface area contributed by atoms with Crippen molar-refractivity contribution in [2.75, 3.05) is 55.7 Å². The molecule has 1 aromatic heterocycles. The number of piperazine rings is 1. The normalized spacial score (nSPS) is 22.2. The molecule has 3 aliphatic heterocycles. The number of carbonyl (C=O) groups excluding carboxylic acids is 1. The predicted molar refractivity (Wildman–Crippen MR) is 147 cm³/mol. The van der Waals surface area contributed by atoms with Gasteiger partial charge in [0.2, 0.25) is 0 Å². The quantitative estimate of drug-likeness (QED) is 0.406. The molecule has 43 heavy (non-hydrogen) atoms. The van der Waals surface area contributed by atoms with Gasteiger partial charge in [0.05, 0.1) is 35.6 Å². The molecule has 0 aliphatic carbocycles. The molecule has 5 rings (SSSR count). The minimum atomic E-state index is -5.01. The van der Waals surface area contributed by atoms with Crippen LogP contribution in [0, 0.1) is 0 Å².